The zero-order valence-electron chi connectivity index (χ0n) is 10.4. The summed E-state index contributed by atoms with van der Waals surface area (Å²) in [6, 6.07) is 5.56. The van der Waals surface area contributed by atoms with Crippen molar-refractivity contribution in [2.75, 3.05) is 10.7 Å². The zero-order chi connectivity index (χ0) is 14.7. The number of para-hydroxylation sites is 1. The van der Waals surface area contributed by atoms with Gasteiger partial charge in [0.05, 0.1) is 10.5 Å². The van der Waals surface area contributed by atoms with Gasteiger partial charge in [-0.15, -0.1) is 0 Å². The normalized spacial score (nSPS) is 10.1. The number of rotatable bonds is 4. The van der Waals surface area contributed by atoms with Crippen molar-refractivity contribution in [3.05, 3.63) is 45.7 Å². The maximum atomic E-state index is 12.1. The fraction of sp³-hybridized carbons (Fsp3) is 0.0909. The molecule has 4 N–H and O–H groups in total. The molecule has 0 radical (unpaired) electrons. The van der Waals surface area contributed by atoms with Crippen molar-refractivity contribution in [2.24, 2.45) is 5.84 Å². The van der Waals surface area contributed by atoms with Crippen LogP contribution in [-0.4, -0.2) is 16.0 Å². The Labute approximate surface area is 112 Å². The number of carbonyl (C=O) groups excluding carboxylic acids is 1. The van der Waals surface area contributed by atoms with Crippen LogP contribution < -0.4 is 16.6 Å². The molecule has 9 heteroatoms. The highest BCUT2D eigenvalue weighted by atomic mass is 16.6. The van der Waals surface area contributed by atoms with Crippen molar-refractivity contribution in [1.82, 2.24) is 5.16 Å². The van der Waals surface area contributed by atoms with Gasteiger partial charge < -0.3 is 15.3 Å². The predicted molar refractivity (Wildman–Crippen MR) is 70.1 cm³/mol. The van der Waals surface area contributed by atoms with Gasteiger partial charge in [-0.05, 0) is 13.0 Å². The van der Waals surface area contributed by atoms with Gasteiger partial charge in [0.1, 0.15) is 11.4 Å². The van der Waals surface area contributed by atoms with E-state index in [1.165, 1.54) is 24.3 Å². The highest BCUT2D eigenvalue weighted by molar-refractivity contribution is 6.08. The third-order valence-corrected chi connectivity index (χ3v) is 2.50. The first-order chi connectivity index (χ1) is 9.52. The highest BCUT2D eigenvalue weighted by Gasteiger charge is 2.21. The van der Waals surface area contributed by atoms with Crippen LogP contribution >= 0.6 is 0 Å². The van der Waals surface area contributed by atoms with E-state index in [4.69, 9.17) is 10.4 Å². The number of aryl methyl sites for hydroxylation is 1. The number of nitrogens with one attached hydrogen (secondary N) is 2. The average molecular weight is 277 g/mol. The lowest BCUT2D eigenvalue weighted by molar-refractivity contribution is -0.384. The van der Waals surface area contributed by atoms with E-state index in [9.17, 15) is 14.9 Å². The third kappa shape index (κ3) is 2.57. The molecule has 0 spiro atoms. The van der Waals surface area contributed by atoms with E-state index >= 15 is 0 Å². The number of nitro benzene ring substituents is 1. The summed E-state index contributed by atoms with van der Waals surface area (Å²) >= 11 is 0. The summed E-state index contributed by atoms with van der Waals surface area (Å²) in [6.45, 7) is 1.67. The minimum absolute atomic E-state index is 0.0300. The number of aromatic nitrogens is 1. The second-order valence-electron chi connectivity index (χ2n) is 3.88. The second-order valence-corrected chi connectivity index (χ2v) is 3.88. The summed E-state index contributed by atoms with van der Waals surface area (Å²) < 4.78 is 4.81. The molecule has 0 unspecified atom stereocenters. The summed E-state index contributed by atoms with van der Waals surface area (Å²) in [5.41, 5.74) is 1.83. The molecule has 104 valence electrons. The van der Waals surface area contributed by atoms with Gasteiger partial charge in [-0.25, -0.2) is 0 Å². The summed E-state index contributed by atoms with van der Waals surface area (Å²) in [5, 5.41) is 16.9. The van der Waals surface area contributed by atoms with Crippen molar-refractivity contribution >= 4 is 23.1 Å². The van der Waals surface area contributed by atoms with Crippen LogP contribution in [0.3, 0.4) is 0 Å². The molecule has 0 fully saturated rings. The molecule has 0 saturated carbocycles. The molecule has 0 saturated heterocycles. The van der Waals surface area contributed by atoms with Gasteiger partial charge in [0.15, 0.2) is 5.82 Å². The van der Waals surface area contributed by atoms with E-state index in [2.05, 4.69) is 15.9 Å². The fourth-order valence-electron chi connectivity index (χ4n) is 1.64. The maximum absolute atomic E-state index is 12.1. The quantitative estimate of drug-likeness (QED) is 0.436. The third-order valence-electron chi connectivity index (χ3n) is 2.50. The van der Waals surface area contributed by atoms with Gasteiger partial charge in [-0.3, -0.25) is 20.8 Å². The number of carbonyl (C=O) groups is 1. The Hall–Kier alpha value is -2.94. The number of nitrogens with two attached hydrogens (primary N) is 1. The zero-order valence-corrected chi connectivity index (χ0v) is 10.4. The van der Waals surface area contributed by atoms with Crippen molar-refractivity contribution in [1.29, 1.82) is 0 Å². The Morgan fingerprint density at radius 2 is 2.25 bits per heavy atom. The van der Waals surface area contributed by atoms with Crippen LogP contribution in [0.2, 0.25) is 0 Å². The van der Waals surface area contributed by atoms with Crippen LogP contribution in [0.5, 0.6) is 0 Å². The Morgan fingerprint density at radius 1 is 1.50 bits per heavy atom. The predicted octanol–water partition coefficient (Wildman–Crippen LogP) is 1.43. The SMILES string of the molecule is Cc1cc(NC(=O)c2cccc([N+](=O)[O-])c2NN)no1. The lowest BCUT2D eigenvalue weighted by Crippen LogP contribution is -2.18. The molecule has 0 aliphatic rings. The molecular weight excluding hydrogens is 266 g/mol. The molecule has 0 aliphatic heterocycles. The first kappa shape index (κ1) is 13.5. The van der Waals surface area contributed by atoms with Crippen molar-refractivity contribution in [3.63, 3.8) is 0 Å². The Bertz CT molecular complexity index is 667. The molecule has 0 aliphatic carbocycles. The number of amides is 1. The van der Waals surface area contributed by atoms with Gasteiger partial charge >= 0.3 is 0 Å². The molecule has 20 heavy (non-hydrogen) atoms. The van der Waals surface area contributed by atoms with E-state index in [0.717, 1.165) is 0 Å². The molecule has 1 aromatic heterocycles. The van der Waals surface area contributed by atoms with Crippen LogP contribution in [0.4, 0.5) is 17.2 Å². The fourth-order valence-corrected chi connectivity index (χ4v) is 1.64. The molecule has 1 heterocycles. The van der Waals surface area contributed by atoms with E-state index < -0.39 is 10.8 Å². The number of benzene rings is 1. The number of nitro groups is 1. The lowest BCUT2D eigenvalue weighted by atomic mass is 10.1. The van der Waals surface area contributed by atoms with Crippen LogP contribution in [-0.2, 0) is 0 Å². The van der Waals surface area contributed by atoms with Gasteiger partial charge in [-0.1, -0.05) is 11.2 Å². The Morgan fingerprint density at radius 3 is 2.80 bits per heavy atom. The van der Waals surface area contributed by atoms with Gasteiger partial charge in [-0.2, -0.15) is 0 Å². The molecule has 1 aromatic carbocycles. The van der Waals surface area contributed by atoms with Crippen molar-refractivity contribution in [2.45, 2.75) is 6.92 Å². The second kappa shape index (κ2) is 5.36. The van der Waals surface area contributed by atoms with Crippen LogP contribution in [0.1, 0.15) is 16.1 Å². The average Bonchev–Trinajstić information content (AvgIpc) is 2.82. The maximum Gasteiger partial charge on any atom is 0.294 e. The first-order valence-electron chi connectivity index (χ1n) is 5.51. The van der Waals surface area contributed by atoms with E-state index in [0.29, 0.717) is 5.76 Å². The lowest BCUT2D eigenvalue weighted by Gasteiger charge is -2.08. The number of hydrazine groups is 1. The minimum Gasteiger partial charge on any atom is -0.360 e. The summed E-state index contributed by atoms with van der Waals surface area (Å²) in [7, 11) is 0. The Balaban J connectivity index is 2.34. The van der Waals surface area contributed by atoms with Crippen LogP contribution in [0.25, 0.3) is 0 Å². The summed E-state index contributed by atoms with van der Waals surface area (Å²) in [6.07, 6.45) is 0. The van der Waals surface area contributed by atoms with Gasteiger partial charge in [0, 0.05) is 12.1 Å². The van der Waals surface area contributed by atoms with Crippen LogP contribution in [0.15, 0.2) is 28.8 Å². The molecule has 2 rings (SSSR count). The molecular formula is C11H11N5O4. The topological polar surface area (TPSA) is 136 Å². The number of hydrogen-bond acceptors (Lipinski definition) is 7. The van der Waals surface area contributed by atoms with Gasteiger partial charge in [0.2, 0.25) is 0 Å². The summed E-state index contributed by atoms with van der Waals surface area (Å²) in [5.74, 6) is 5.40. The minimum atomic E-state index is -0.633. The highest BCUT2D eigenvalue weighted by Crippen LogP contribution is 2.27. The number of hydrogen-bond donors (Lipinski definition) is 3. The van der Waals surface area contributed by atoms with Crippen LogP contribution in [0, 0.1) is 17.0 Å². The standard InChI is InChI=1S/C11H11N5O4/c1-6-5-9(15-20-6)13-11(17)7-3-2-4-8(16(18)19)10(7)14-12/h2-5,14H,12H2,1H3,(H,13,15,17). The van der Waals surface area contributed by atoms with E-state index in [1.54, 1.807) is 6.92 Å². The number of anilines is 2. The van der Waals surface area contributed by atoms with E-state index in [-0.39, 0.29) is 22.8 Å². The molecule has 1 amide bonds. The molecule has 9 nitrogen and oxygen atoms in total. The molecule has 0 atom stereocenters. The summed E-state index contributed by atoms with van der Waals surface area (Å²) in [4.78, 5) is 22.3. The van der Waals surface area contributed by atoms with Gasteiger partial charge in [0.25, 0.3) is 11.6 Å². The largest absolute Gasteiger partial charge is 0.360 e. The molecule has 2 aromatic rings. The molecule has 0 bridgehead atoms. The van der Waals surface area contributed by atoms with Crippen molar-refractivity contribution in [3.8, 4) is 0 Å². The Kier molecular flexibility index (Phi) is 3.62. The van der Waals surface area contributed by atoms with Crippen molar-refractivity contribution < 1.29 is 14.2 Å². The number of nitrogens with zero attached hydrogens (tertiary/aromatic N) is 2. The first-order valence-corrected chi connectivity index (χ1v) is 5.51. The smallest absolute Gasteiger partial charge is 0.294 e. The number of nitrogen functional groups attached to an aromatic ring is 1. The van der Waals surface area contributed by atoms with E-state index in [1.807, 2.05) is 0 Å². The monoisotopic (exact) mass is 277 g/mol.